The van der Waals surface area contributed by atoms with Crippen molar-refractivity contribution < 1.29 is 9.32 Å². The maximum atomic E-state index is 12.7. The number of amides is 1. The van der Waals surface area contributed by atoms with Gasteiger partial charge in [-0.15, -0.1) is 0 Å². The number of likely N-dealkylation sites (tertiary alicyclic amines) is 1. The summed E-state index contributed by atoms with van der Waals surface area (Å²) in [4.78, 5) is 23.0. The molecule has 30 heavy (non-hydrogen) atoms. The Bertz CT molecular complexity index is 1160. The third kappa shape index (κ3) is 3.71. The van der Waals surface area contributed by atoms with Gasteiger partial charge >= 0.3 is 0 Å². The van der Waals surface area contributed by atoms with Crippen LogP contribution in [-0.2, 0) is 6.54 Å². The monoisotopic (exact) mass is 419 g/mol. The fourth-order valence-electron chi connectivity index (χ4n) is 3.47. The molecule has 7 nitrogen and oxygen atoms in total. The van der Waals surface area contributed by atoms with Crippen molar-refractivity contribution in [1.82, 2.24) is 24.6 Å². The minimum Gasteiger partial charge on any atom is -0.339 e. The number of hydrogen-bond donors (Lipinski definition) is 0. The van der Waals surface area contributed by atoms with Crippen LogP contribution in [0.1, 0.15) is 27.7 Å². The standard InChI is InChI=1S/C22H18ClN5O2/c23-19-3-1-2-17(10-19)20-25-21(30-26-20)18-12-28(13-18)22(29)16-6-4-15(5-7-16)11-27-9-8-24-14-27/h1-10,14,18H,11-13H2. The maximum Gasteiger partial charge on any atom is 0.253 e. The van der Waals surface area contributed by atoms with Gasteiger partial charge in [0.1, 0.15) is 0 Å². The summed E-state index contributed by atoms with van der Waals surface area (Å²) in [6.45, 7) is 1.85. The Labute approximate surface area is 177 Å². The molecular weight excluding hydrogens is 402 g/mol. The van der Waals surface area contributed by atoms with Gasteiger partial charge in [0.05, 0.1) is 12.2 Å². The molecule has 0 atom stereocenters. The van der Waals surface area contributed by atoms with Crippen LogP contribution in [0, 0.1) is 0 Å². The van der Waals surface area contributed by atoms with Crippen molar-refractivity contribution in [2.45, 2.75) is 12.5 Å². The van der Waals surface area contributed by atoms with E-state index < -0.39 is 0 Å². The molecule has 0 saturated carbocycles. The van der Waals surface area contributed by atoms with Gasteiger partial charge in [-0.05, 0) is 29.8 Å². The van der Waals surface area contributed by atoms with E-state index in [0.29, 0.717) is 35.4 Å². The van der Waals surface area contributed by atoms with Crippen LogP contribution in [-0.4, -0.2) is 43.6 Å². The highest BCUT2D eigenvalue weighted by molar-refractivity contribution is 6.30. The molecular formula is C22H18ClN5O2. The predicted molar refractivity (Wildman–Crippen MR) is 111 cm³/mol. The number of benzene rings is 2. The Morgan fingerprint density at radius 1 is 1.17 bits per heavy atom. The summed E-state index contributed by atoms with van der Waals surface area (Å²) in [5.41, 5.74) is 2.60. The van der Waals surface area contributed by atoms with Gasteiger partial charge in [-0.3, -0.25) is 4.79 Å². The highest BCUT2D eigenvalue weighted by Gasteiger charge is 2.36. The molecule has 1 fully saturated rings. The molecule has 5 rings (SSSR count). The average Bonchev–Trinajstić information content (AvgIpc) is 3.40. The molecule has 2 aromatic heterocycles. The van der Waals surface area contributed by atoms with Crippen molar-refractivity contribution >= 4 is 17.5 Å². The summed E-state index contributed by atoms with van der Waals surface area (Å²) < 4.78 is 7.40. The molecule has 1 aliphatic heterocycles. The van der Waals surface area contributed by atoms with Crippen molar-refractivity contribution in [2.24, 2.45) is 0 Å². The third-order valence-electron chi connectivity index (χ3n) is 5.17. The van der Waals surface area contributed by atoms with E-state index in [1.54, 1.807) is 29.6 Å². The molecule has 8 heteroatoms. The van der Waals surface area contributed by atoms with Gasteiger partial charge in [-0.25, -0.2) is 4.98 Å². The van der Waals surface area contributed by atoms with Crippen LogP contribution in [0.4, 0.5) is 0 Å². The zero-order chi connectivity index (χ0) is 20.5. The van der Waals surface area contributed by atoms with Crippen LogP contribution in [0.2, 0.25) is 5.02 Å². The number of imidazole rings is 1. The fraction of sp³-hybridized carbons (Fsp3) is 0.182. The Balaban J connectivity index is 1.20. The second kappa shape index (κ2) is 7.76. The van der Waals surface area contributed by atoms with Gasteiger partial charge in [-0.1, -0.05) is 41.0 Å². The number of carbonyl (C=O) groups excluding carboxylic acids is 1. The lowest BCUT2D eigenvalue weighted by molar-refractivity contribution is 0.0569. The Hall–Kier alpha value is -3.45. The van der Waals surface area contributed by atoms with E-state index in [9.17, 15) is 4.79 Å². The lowest BCUT2D eigenvalue weighted by atomic mass is 9.98. The molecule has 0 spiro atoms. The first kappa shape index (κ1) is 18.6. The first-order valence-corrected chi connectivity index (χ1v) is 9.97. The van der Waals surface area contributed by atoms with Crippen molar-refractivity contribution in [3.63, 3.8) is 0 Å². The fourth-order valence-corrected chi connectivity index (χ4v) is 3.66. The Morgan fingerprint density at radius 3 is 2.73 bits per heavy atom. The summed E-state index contributed by atoms with van der Waals surface area (Å²) in [5, 5.41) is 4.66. The molecule has 0 aliphatic carbocycles. The van der Waals surface area contributed by atoms with Gasteiger partial charge in [0.15, 0.2) is 0 Å². The topological polar surface area (TPSA) is 77.1 Å². The van der Waals surface area contributed by atoms with E-state index in [-0.39, 0.29) is 11.8 Å². The van der Waals surface area contributed by atoms with Crippen LogP contribution in [0.25, 0.3) is 11.4 Å². The Morgan fingerprint density at radius 2 is 2.00 bits per heavy atom. The molecule has 3 heterocycles. The van der Waals surface area contributed by atoms with E-state index in [4.69, 9.17) is 16.1 Å². The minimum atomic E-state index is 0.00927. The molecule has 1 amide bonds. The number of aromatic nitrogens is 4. The summed E-state index contributed by atoms with van der Waals surface area (Å²) in [6.07, 6.45) is 5.43. The number of nitrogens with zero attached hydrogens (tertiary/aromatic N) is 5. The largest absolute Gasteiger partial charge is 0.339 e. The highest BCUT2D eigenvalue weighted by atomic mass is 35.5. The first-order valence-electron chi connectivity index (χ1n) is 9.59. The highest BCUT2D eigenvalue weighted by Crippen LogP contribution is 2.29. The molecule has 4 aromatic rings. The van der Waals surface area contributed by atoms with Gasteiger partial charge in [0.2, 0.25) is 11.7 Å². The first-order chi connectivity index (χ1) is 14.7. The molecule has 0 unspecified atom stereocenters. The number of hydrogen-bond acceptors (Lipinski definition) is 5. The maximum absolute atomic E-state index is 12.7. The number of rotatable bonds is 5. The summed E-state index contributed by atoms with van der Waals surface area (Å²) >= 11 is 6.03. The van der Waals surface area contributed by atoms with Crippen molar-refractivity contribution in [3.05, 3.63) is 89.3 Å². The van der Waals surface area contributed by atoms with Crippen LogP contribution in [0.5, 0.6) is 0 Å². The molecule has 0 bridgehead atoms. The second-order valence-electron chi connectivity index (χ2n) is 7.31. The quantitative estimate of drug-likeness (QED) is 0.490. The van der Waals surface area contributed by atoms with E-state index >= 15 is 0 Å². The SMILES string of the molecule is O=C(c1ccc(Cn2ccnc2)cc1)N1CC(c2nc(-c3cccc(Cl)c3)no2)C1. The predicted octanol–water partition coefficient (Wildman–Crippen LogP) is 3.87. The van der Waals surface area contributed by atoms with Crippen molar-refractivity contribution in [1.29, 1.82) is 0 Å². The van der Waals surface area contributed by atoms with E-state index in [1.807, 2.05) is 47.2 Å². The van der Waals surface area contributed by atoms with Crippen LogP contribution < -0.4 is 0 Å². The molecule has 0 radical (unpaired) electrons. The van der Waals surface area contributed by atoms with Gasteiger partial charge < -0.3 is 14.0 Å². The summed E-state index contributed by atoms with van der Waals surface area (Å²) in [5.74, 6) is 1.11. The van der Waals surface area contributed by atoms with E-state index in [0.717, 1.165) is 17.7 Å². The van der Waals surface area contributed by atoms with Crippen LogP contribution in [0.3, 0.4) is 0 Å². The average molecular weight is 420 g/mol. The van der Waals surface area contributed by atoms with Crippen molar-refractivity contribution in [3.8, 4) is 11.4 Å². The van der Waals surface area contributed by atoms with Gasteiger partial charge in [-0.2, -0.15) is 4.98 Å². The number of carbonyl (C=O) groups is 1. The molecule has 150 valence electrons. The summed E-state index contributed by atoms with van der Waals surface area (Å²) in [6, 6.07) is 15.0. The zero-order valence-electron chi connectivity index (χ0n) is 16.0. The Kier molecular flexibility index (Phi) is 4.80. The van der Waals surface area contributed by atoms with Gasteiger partial charge in [0, 0.05) is 48.2 Å². The van der Waals surface area contributed by atoms with Gasteiger partial charge in [0.25, 0.3) is 5.91 Å². The van der Waals surface area contributed by atoms with E-state index in [1.165, 1.54) is 0 Å². The smallest absolute Gasteiger partial charge is 0.253 e. The molecule has 1 saturated heterocycles. The lowest BCUT2D eigenvalue weighted by Crippen LogP contribution is -2.48. The van der Waals surface area contributed by atoms with E-state index in [2.05, 4.69) is 15.1 Å². The lowest BCUT2D eigenvalue weighted by Gasteiger charge is -2.37. The normalized spacial score (nSPS) is 14.0. The third-order valence-corrected chi connectivity index (χ3v) is 5.40. The second-order valence-corrected chi connectivity index (χ2v) is 7.74. The molecule has 0 N–H and O–H groups in total. The van der Waals surface area contributed by atoms with Crippen LogP contribution >= 0.6 is 11.6 Å². The van der Waals surface area contributed by atoms with Crippen molar-refractivity contribution in [2.75, 3.05) is 13.1 Å². The zero-order valence-corrected chi connectivity index (χ0v) is 16.7. The molecule has 2 aromatic carbocycles. The number of halogens is 1. The molecule has 1 aliphatic rings. The van der Waals surface area contributed by atoms with Crippen LogP contribution in [0.15, 0.2) is 71.8 Å². The minimum absolute atomic E-state index is 0.00927. The summed E-state index contributed by atoms with van der Waals surface area (Å²) in [7, 11) is 0.